The third-order valence-corrected chi connectivity index (χ3v) is 5.44. The van der Waals surface area contributed by atoms with Gasteiger partial charge in [0.25, 0.3) is 0 Å². The number of nitrogens with one attached hydrogen (secondary N) is 2. The molecule has 1 unspecified atom stereocenters. The normalized spacial score (nSPS) is 16.1. The first-order valence-corrected chi connectivity index (χ1v) is 9.76. The Labute approximate surface area is 165 Å². The molecule has 4 nitrogen and oxygen atoms in total. The molecule has 2 N–H and O–H groups in total. The molecule has 28 heavy (non-hydrogen) atoms. The first-order valence-electron chi connectivity index (χ1n) is 9.76. The van der Waals surface area contributed by atoms with Gasteiger partial charge in [0.05, 0.1) is 11.7 Å². The van der Waals surface area contributed by atoms with E-state index < -0.39 is 0 Å². The van der Waals surface area contributed by atoms with Crippen molar-refractivity contribution in [2.75, 3.05) is 6.54 Å². The van der Waals surface area contributed by atoms with E-state index in [0.717, 1.165) is 24.4 Å². The number of nitrogens with zero attached hydrogens (tertiary/aromatic N) is 1. The van der Waals surface area contributed by atoms with Crippen LogP contribution in [0.25, 0.3) is 10.9 Å². The molecule has 0 amide bonds. The van der Waals surface area contributed by atoms with Crippen LogP contribution in [0.15, 0.2) is 66.9 Å². The number of hydrogen-bond acceptors (Lipinski definition) is 3. The van der Waals surface area contributed by atoms with E-state index in [1.807, 2.05) is 18.2 Å². The van der Waals surface area contributed by atoms with Gasteiger partial charge in [-0.1, -0.05) is 41.9 Å². The molecule has 3 heterocycles. The van der Waals surface area contributed by atoms with Crippen LogP contribution in [-0.2, 0) is 13.0 Å². The summed E-state index contributed by atoms with van der Waals surface area (Å²) in [6, 6.07) is 21.0. The molecule has 0 spiro atoms. The van der Waals surface area contributed by atoms with Gasteiger partial charge in [0, 0.05) is 34.9 Å². The molecular weight excluding hydrogens is 345 g/mol. The maximum Gasteiger partial charge on any atom is 0.139 e. The topological polar surface area (TPSA) is 49.9 Å². The lowest BCUT2D eigenvalue weighted by Gasteiger charge is -2.27. The summed E-state index contributed by atoms with van der Waals surface area (Å²) in [5.74, 6) is 0.903. The van der Waals surface area contributed by atoms with Crippen LogP contribution >= 0.6 is 0 Å². The lowest BCUT2D eigenvalue weighted by atomic mass is 9.88. The Hall–Kier alpha value is -3.05. The Bertz CT molecular complexity index is 1120. The Morgan fingerprint density at radius 3 is 2.86 bits per heavy atom. The predicted molar refractivity (Wildman–Crippen MR) is 115 cm³/mol. The van der Waals surface area contributed by atoms with Crippen molar-refractivity contribution in [3.63, 3.8) is 0 Å². The molecule has 138 valence electrons. The first-order chi connectivity index (χ1) is 13.8. The van der Waals surface area contributed by atoms with E-state index in [9.17, 15) is 0 Å². The Balaban J connectivity index is 1.54. The fourth-order valence-corrected chi connectivity index (χ4v) is 4.11. The van der Waals surface area contributed by atoms with Crippen LogP contribution in [0.5, 0.6) is 5.75 Å². The summed E-state index contributed by atoms with van der Waals surface area (Å²) in [5.41, 5.74) is 7.19. The highest BCUT2D eigenvalue weighted by Crippen LogP contribution is 2.36. The van der Waals surface area contributed by atoms with E-state index in [0.29, 0.717) is 6.61 Å². The summed E-state index contributed by atoms with van der Waals surface area (Å²) in [4.78, 5) is 8.03. The van der Waals surface area contributed by atoms with Gasteiger partial charge in [-0.3, -0.25) is 4.98 Å². The van der Waals surface area contributed by atoms with Crippen LogP contribution in [-0.4, -0.2) is 24.4 Å². The molecule has 5 heteroatoms. The Morgan fingerprint density at radius 1 is 1.07 bits per heavy atom. The minimum atomic E-state index is 0.0924. The molecule has 1 aliphatic heterocycles. The number of aromatic amines is 1. The zero-order valence-electron chi connectivity index (χ0n) is 15.9. The highest BCUT2D eigenvalue weighted by Gasteiger charge is 2.27. The largest absolute Gasteiger partial charge is 0.487 e. The third-order valence-electron chi connectivity index (χ3n) is 5.44. The van der Waals surface area contributed by atoms with Crippen molar-refractivity contribution in [1.29, 1.82) is 0 Å². The van der Waals surface area contributed by atoms with E-state index in [2.05, 4.69) is 65.6 Å². The number of aromatic nitrogens is 2. The van der Waals surface area contributed by atoms with Crippen molar-refractivity contribution in [2.24, 2.45) is 0 Å². The number of benzene rings is 2. The van der Waals surface area contributed by atoms with E-state index in [1.54, 1.807) is 6.20 Å². The summed E-state index contributed by atoms with van der Waals surface area (Å²) in [7, 11) is 2.13. The van der Waals surface area contributed by atoms with E-state index >= 15 is 0 Å². The van der Waals surface area contributed by atoms with Gasteiger partial charge in [-0.25, -0.2) is 0 Å². The number of para-hydroxylation sites is 1. The van der Waals surface area contributed by atoms with Gasteiger partial charge in [0.2, 0.25) is 0 Å². The van der Waals surface area contributed by atoms with E-state index in [1.165, 1.54) is 33.2 Å². The molecule has 0 saturated carbocycles. The summed E-state index contributed by atoms with van der Waals surface area (Å²) in [5, 5.41) is 5.02. The average molecular weight is 367 g/mol. The molecule has 0 fully saturated rings. The maximum atomic E-state index is 6.20. The van der Waals surface area contributed by atoms with Crippen molar-refractivity contribution in [3.8, 4) is 5.75 Å². The zero-order chi connectivity index (χ0) is 18.9. The van der Waals surface area contributed by atoms with Crippen molar-refractivity contribution in [1.82, 2.24) is 15.3 Å². The second-order valence-corrected chi connectivity index (χ2v) is 7.35. The molecule has 1 atom stereocenters. The first kappa shape index (κ1) is 17.1. The fraction of sp³-hybridized carbons (Fsp3) is 0.174. The summed E-state index contributed by atoms with van der Waals surface area (Å²) < 4.78 is 6.20. The van der Waals surface area contributed by atoms with Gasteiger partial charge in [-0.05, 0) is 36.2 Å². The van der Waals surface area contributed by atoms with Crippen molar-refractivity contribution in [2.45, 2.75) is 19.1 Å². The molecule has 0 saturated heterocycles. The fourth-order valence-electron chi connectivity index (χ4n) is 4.11. The zero-order valence-corrected chi connectivity index (χ0v) is 15.9. The Morgan fingerprint density at radius 2 is 1.96 bits per heavy atom. The van der Waals surface area contributed by atoms with Gasteiger partial charge in [-0.2, -0.15) is 0 Å². The number of hydrogen-bond donors (Lipinski definition) is 2. The molecular formula is C23H22BN3O. The lowest BCUT2D eigenvalue weighted by Crippen LogP contribution is -2.31. The molecule has 2 aromatic heterocycles. The number of fused-ring (bicyclic) bond motifs is 3. The quantitative estimate of drug-likeness (QED) is 0.546. The van der Waals surface area contributed by atoms with Crippen LogP contribution < -0.4 is 15.5 Å². The van der Waals surface area contributed by atoms with Crippen LogP contribution in [0.4, 0.5) is 0 Å². The van der Waals surface area contributed by atoms with Gasteiger partial charge >= 0.3 is 0 Å². The van der Waals surface area contributed by atoms with Crippen LogP contribution in [0.2, 0.25) is 0 Å². The number of pyridine rings is 1. The molecule has 0 bridgehead atoms. The van der Waals surface area contributed by atoms with Gasteiger partial charge in [-0.15, -0.1) is 0 Å². The number of rotatable bonds is 4. The average Bonchev–Trinajstić information content (AvgIpc) is 3.12. The Kier molecular flexibility index (Phi) is 4.37. The smallest absolute Gasteiger partial charge is 0.139 e. The van der Waals surface area contributed by atoms with Crippen LogP contribution in [0.3, 0.4) is 0 Å². The van der Waals surface area contributed by atoms with E-state index in [4.69, 9.17) is 4.74 Å². The van der Waals surface area contributed by atoms with Gasteiger partial charge < -0.3 is 15.0 Å². The number of ether oxygens (including phenoxy) is 1. The van der Waals surface area contributed by atoms with Crippen molar-refractivity contribution >= 4 is 24.2 Å². The molecule has 0 radical (unpaired) electrons. The van der Waals surface area contributed by atoms with Gasteiger partial charge in [0.15, 0.2) is 0 Å². The summed E-state index contributed by atoms with van der Waals surface area (Å²) in [6.45, 7) is 1.41. The van der Waals surface area contributed by atoms with Gasteiger partial charge in [0.1, 0.15) is 20.2 Å². The molecule has 2 aromatic carbocycles. The summed E-state index contributed by atoms with van der Waals surface area (Å²) in [6.07, 6.45) is 2.83. The molecule has 0 aliphatic carbocycles. The minimum absolute atomic E-state index is 0.0924. The SMILES string of the molecule is Bc1ccc(OCc2ccccn2)c(C2NCCc3c2[nH]c2ccccc32)c1. The maximum absolute atomic E-state index is 6.20. The highest BCUT2D eigenvalue weighted by atomic mass is 16.5. The molecule has 5 rings (SSSR count). The second-order valence-electron chi connectivity index (χ2n) is 7.35. The summed E-state index contributed by atoms with van der Waals surface area (Å²) >= 11 is 0. The minimum Gasteiger partial charge on any atom is -0.487 e. The van der Waals surface area contributed by atoms with Crippen LogP contribution in [0, 0.1) is 0 Å². The predicted octanol–water partition coefficient (Wildman–Crippen LogP) is 2.64. The van der Waals surface area contributed by atoms with Crippen molar-refractivity contribution in [3.05, 3.63) is 89.4 Å². The second kappa shape index (κ2) is 7.17. The lowest BCUT2D eigenvalue weighted by molar-refractivity contribution is 0.295. The van der Waals surface area contributed by atoms with E-state index in [-0.39, 0.29) is 6.04 Å². The highest BCUT2D eigenvalue weighted by molar-refractivity contribution is 6.32. The molecule has 1 aliphatic rings. The third kappa shape index (κ3) is 3.08. The number of H-pyrrole nitrogens is 1. The van der Waals surface area contributed by atoms with Crippen molar-refractivity contribution < 1.29 is 4.74 Å². The van der Waals surface area contributed by atoms with Crippen LogP contribution in [0.1, 0.15) is 28.6 Å². The molecule has 4 aromatic rings. The monoisotopic (exact) mass is 367 g/mol. The standard InChI is InChI=1S/C23H22BN3O/c24-15-8-9-21(28-14-16-5-3-4-11-25-16)19(13-15)22-23-18(10-12-26-22)17-6-1-2-7-20(17)27-23/h1-9,11,13,22,26-27H,10,12,14,24H2.